The van der Waals surface area contributed by atoms with Gasteiger partial charge >= 0.3 is 0 Å². The molecule has 0 radical (unpaired) electrons. The van der Waals surface area contributed by atoms with Crippen molar-refractivity contribution < 1.29 is 19.4 Å². The van der Waals surface area contributed by atoms with Crippen molar-refractivity contribution in [3.63, 3.8) is 0 Å². The number of aliphatic carboxylic acids is 1. The van der Waals surface area contributed by atoms with Crippen LogP contribution in [0.2, 0.25) is 0 Å². The van der Waals surface area contributed by atoms with E-state index in [4.69, 9.17) is 4.74 Å². The van der Waals surface area contributed by atoms with E-state index in [2.05, 4.69) is 0 Å². The van der Waals surface area contributed by atoms with Gasteiger partial charge in [0.2, 0.25) is 5.91 Å². The van der Waals surface area contributed by atoms with E-state index in [0.29, 0.717) is 19.6 Å². The molecule has 0 aromatic carbocycles. The van der Waals surface area contributed by atoms with Gasteiger partial charge in [0, 0.05) is 36.8 Å². The summed E-state index contributed by atoms with van der Waals surface area (Å²) < 4.78 is 5.03. The zero-order valence-electron chi connectivity index (χ0n) is 11.6. The van der Waals surface area contributed by atoms with Gasteiger partial charge in [0.1, 0.15) is 0 Å². The number of carbonyl (C=O) groups excluding carboxylic acids is 2. The van der Waals surface area contributed by atoms with Crippen LogP contribution in [0.15, 0.2) is 11.4 Å². The van der Waals surface area contributed by atoms with Crippen LogP contribution in [0.1, 0.15) is 29.3 Å². The molecule has 5 nitrogen and oxygen atoms in total. The SMILES string of the molecule is COCCN1C(=O)CC[C@H](C(=O)[O-])[C@H]1c1sccc1C. The van der Waals surface area contributed by atoms with E-state index in [1.807, 2.05) is 18.4 Å². The standard InChI is InChI=1S/C14H19NO4S/c1-9-5-8-20-13(9)12-10(14(17)18)3-4-11(16)15(12)6-7-19-2/h5,8,10,12H,3-4,6-7H2,1-2H3,(H,17,18)/p-1/t10-,12-/m0/s1. The van der Waals surface area contributed by atoms with Gasteiger partial charge < -0.3 is 19.5 Å². The van der Waals surface area contributed by atoms with Crippen molar-refractivity contribution in [2.75, 3.05) is 20.3 Å². The summed E-state index contributed by atoms with van der Waals surface area (Å²) in [5, 5.41) is 13.3. The van der Waals surface area contributed by atoms with Crippen LogP contribution < -0.4 is 5.11 Å². The molecule has 0 bridgehead atoms. The number of nitrogens with zero attached hydrogens (tertiary/aromatic N) is 1. The molecule has 1 aliphatic rings. The molecule has 0 unspecified atom stereocenters. The van der Waals surface area contributed by atoms with Gasteiger partial charge in [-0.05, 0) is 30.4 Å². The molecule has 1 saturated heterocycles. The summed E-state index contributed by atoms with van der Waals surface area (Å²) in [6.07, 6.45) is 0.593. The zero-order chi connectivity index (χ0) is 14.7. The van der Waals surface area contributed by atoms with Crippen molar-refractivity contribution >= 4 is 23.2 Å². The van der Waals surface area contributed by atoms with Gasteiger partial charge in [0.05, 0.1) is 12.6 Å². The Bertz CT molecular complexity index is 499. The average molecular weight is 296 g/mol. The normalized spacial score (nSPS) is 23.1. The lowest BCUT2D eigenvalue weighted by Crippen LogP contribution is -2.49. The second kappa shape index (κ2) is 6.37. The van der Waals surface area contributed by atoms with Crippen LogP contribution in [-0.2, 0) is 14.3 Å². The molecule has 6 heteroatoms. The molecule has 2 rings (SSSR count). The lowest BCUT2D eigenvalue weighted by molar-refractivity contribution is -0.314. The van der Waals surface area contributed by atoms with E-state index in [1.54, 1.807) is 12.0 Å². The highest BCUT2D eigenvalue weighted by Gasteiger charge is 2.38. The first-order valence-electron chi connectivity index (χ1n) is 6.59. The summed E-state index contributed by atoms with van der Waals surface area (Å²) >= 11 is 1.49. The van der Waals surface area contributed by atoms with Crippen molar-refractivity contribution in [3.05, 3.63) is 21.9 Å². The fourth-order valence-corrected chi connectivity index (χ4v) is 3.77. The maximum Gasteiger partial charge on any atom is 0.223 e. The van der Waals surface area contributed by atoms with Gasteiger partial charge in [0.25, 0.3) is 0 Å². The number of methoxy groups -OCH3 is 1. The van der Waals surface area contributed by atoms with Crippen molar-refractivity contribution in [2.24, 2.45) is 5.92 Å². The molecule has 0 spiro atoms. The Balaban J connectivity index is 2.36. The smallest absolute Gasteiger partial charge is 0.223 e. The molecule has 0 aliphatic carbocycles. The van der Waals surface area contributed by atoms with E-state index in [1.165, 1.54) is 11.3 Å². The summed E-state index contributed by atoms with van der Waals surface area (Å²) in [6.45, 7) is 2.74. The molecule has 1 aromatic heterocycles. The number of likely N-dealkylation sites (tertiary alicyclic amines) is 1. The number of piperidine rings is 1. The Hall–Kier alpha value is -1.40. The fraction of sp³-hybridized carbons (Fsp3) is 0.571. The van der Waals surface area contributed by atoms with Crippen LogP contribution in [-0.4, -0.2) is 37.0 Å². The molecule has 20 heavy (non-hydrogen) atoms. The molecular formula is C14H18NO4S-. The molecule has 2 heterocycles. The molecule has 0 saturated carbocycles. The minimum Gasteiger partial charge on any atom is -0.550 e. The number of carbonyl (C=O) groups is 2. The summed E-state index contributed by atoms with van der Waals surface area (Å²) in [5.74, 6) is -1.75. The second-order valence-corrected chi connectivity index (χ2v) is 5.90. The maximum absolute atomic E-state index is 12.1. The Kier molecular flexibility index (Phi) is 4.77. The lowest BCUT2D eigenvalue weighted by Gasteiger charge is -2.41. The molecule has 1 fully saturated rings. The molecule has 1 aromatic rings. The zero-order valence-corrected chi connectivity index (χ0v) is 12.4. The summed E-state index contributed by atoms with van der Waals surface area (Å²) in [7, 11) is 1.57. The number of hydrogen-bond donors (Lipinski definition) is 0. The predicted molar refractivity (Wildman–Crippen MR) is 73.1 cm³/mol. The molecular weight excluding hydrogens is 278 g/mol. The van der Waals surface area contributed by atoms with Crippen molar-refractivity contribution in [1.82, 2.24) is 4.90 Å². The number of amides is 1. The lowest BCUT2D eigenvalue weighted by atomic mass is 9.86. The minimum atomic E-state index is -1.09. The topological polar surface area (TPSA) is 69.7 Å². The van der Waals surface area contributed by atoms with E-state index in [0.717, 1.165) is 10.4 Å². The van der Waals surface area contributed by atoms with Crippen LogP contribution >= 0.6 is 11.3 Å². The number of rotatable bonds is 5. The summed E-state index contributed by atoms with van der Waals surface area (Å²) in [4.78, 5) is 26.1. The quantitative estimate of drug-likeness (QED) is 0.803. The average Bonchev–Trinajstić information content (AvgIpc) is 2.82. The first-order valence-corrected chi connectivity index (χ1v) is 7.47. The summed E-state index contributed by atoms with van der Waals surface area (Å²) in [6, 6.07) is 1.51. The van der Waals surface area contributed by atoms with Crippen molar-refractivity contribution in [1.29, 1.82) is 0 Å². The Morgan fingerprint density at radius 2 is 2.35 bits per heavy atom. The molecule has 0 N–H and O–H groups in total. The minimum absolute atomic E-state index is 0.0163. The highest BCUT2D eigenvalue weighted by molar-refractivity contribution is 7.10. The molecule has 1 amide bonds. The number of thiophene rings is 1. The van der Waals surface area contributed by atoms with E-state index in [-0.39, 0.29) is 12.3 Å². The number of carboxylic acids is 1. The van der Waals surface area contributed by atoms with Crippen LogP contribution in [0.25, 0.3) is 0 Å². The van der Waals surface area contributed by atoms with Crippen LogP contribution in [0.4, 0.5) is 0 Å². The monoisotopic (exact) mass is 296 g/mol. The Labute approximate surface area is 122 Å². The molecule has 1 aliphatic heterocycles. The van der Waals surface area contributed by atoms with Gasteiger partial charge in [-0.25, -0.2) is 0 Å². The third-order valence-corrected chi connectivity index (χ3v) is 4.81. The van der Waals surface area contributed by atoms with Crippen molar-refractivity contribution in [3.8, 4) is 0 Å². The van der Waals surface area contributed by atoms with Gasteiger partial charge in [-0.15, -0.1) is 11.3 Å². The maximum atomic E-state index is 12.1. The van der Waals surface area contributed by atoms with Gasteiger partial charge in [-0.1, -0.05) is 0 Å². The number of ether oxygens (including phenoxy) is 1. The summed E-state index contributed by atoms with van der Waals surface area (Å²) in [5.41, 5.74) is 1.02. The van der Waals surface area contributed by atoms with E-state index < -0.39 is 17.9 Å². The Morgan fingerprint density at radius 3 is 2.90 bits per heavy atom. The highest BCUT2D eigenvalue weighted by atomic mass is 32.1. The number of carboxylic acid groups (broad SMARTS) is 1. The van der Waals surface area contributed by atoms with E-state index >= 15 is 0 Å². The molecule has 2 atom stereocenters. The van der Waals surface area contributed by atoms with Crippen LogP contribution in [0.3, 0.4) is 0 Å². The van der Waals surface area contributed by atoms with E-state index in [9.17, 15) is 14.7 Å². The van der Waals surface area contributed by atoms with Crippen LogP contribution in [0.5, 0.6) is 0 Å². The molecule has 110 valence electrons. The number of hydrogen-bond acceptors (Lipinski definition) is 5. The van der Waals surface area contributed by atoms with Crippen LogP contribution in [0, 0.1) is 12.8 Å². The van der Waals surface area contributed by atoms with Gasteiger partial charge in [-0.3, -0.25) is 4.79 Å². The number of aryl methyl sites for hydroxylation is 1. The fourth-order valence-electron chi connectivity index (χ4n) is 2.66. The van der Waals surface area contributed by atoms with Gasteiger partial charge in [0.15, 0.2) is 0 Å². The largest absolute Gasteiger partial charge is 0.550 e. The second-order valence-electron chi connectivity index (χ2n) is 4.96. The Morgan fingerprint density at radius 1 is 1.60 bits per heavy atom. The highest BCUT2D eigenvalue weighted by Crippen LogP contribution is 2.40. The predicted octanol–water partition coefficient (Wildman–Crippen LogP) is 0.733. The first kappa shape index (κ1) is 15.0. The first-order chi connectivity index (χ1) is 9.56. The van der Waals surface area contributed by atoms with Gasteiger partial charge in [-0.2, -0.15) is 0 Å². The third-order valence-electron chi connectivity index (χ3n) is 3.72. The van der Waals surface area contributed by atoms with Crippen molar-refractivity contribution in [2.45, 2.75) is 25.8 Å². The third kappa shape index (κ3) is 2.86.